The molecule has 106 valence electrons. The molecule has 1 aliphatic heterocycles. The number of nitrogens with one attached hydrogen (secondary N) is 1. The van der Waals surface area contributed by atoms with Crippen molar-refractivity contribution in [1.82, 2.24) is 10.2 Å². The third kappa shape index (κ3) is 3.83. The Bertz CT molecular complexity index is 389. The van der Waals surface area contributed by atoms with Crippen LogP contribution in [0.1, 0.15) is 51.3 Å². The smallest absolute Gasteiger partial charge is 0.234 e. The Morgan fingerprint density at radius 2 is 2.42 bits per heavy atom. The minimum Gasteiger partial charge on any atom is -0.467 e. The lowest BCUT2D eigenvalue weighted by Gasteiger charge is -2.34. The first-order valence-electron chi connectivity index (χ1n) is 7.27. The summed E-state index contributed by atoms with van der Waals surface area (Å²) in [5.41, 5.74) is 0. The van der Waals surface area contributed by atoms with Crippen molar-refractivity contribution in [3.8, 4) is 0 Å². The summed E-state index contributed by atoms with van der Waals surface area (Å²) in [7, 11) is 0. The first-order valence-corrected chi connectivity index (χ1v) is 7.27. The molecule has 2 rings (SSSR count). The maximum atomic E-state index is 12.1. The lowest BCUT2D eigenvalue weighted by molar-refractivity contribution is -0.124. The number of hydrogen-bond donors (Lipinski definition) is 1. The van der Waals surface area contributed by atoms with Crippen LogP contribution >= 0.6 is 0 Å². The Kier molecular flexibility index (Phi) is 5.02. The molecule has 1 aromatic heterocycles. The molecule has 4 heteroatoms. The van der Waals surface area contributed by atoms with E-state index in [4.69, 9.17) is 4.42 Å². The normalized spacial score (nSPS) is 22.1. The summed E-state index contributed by atoms with van der Waals surface area (Å²) < 4.78 is 5.30. The van der Waals surface area contributed by atoms with Gasteiger partial charge in [0.05, 0.1) is 18.8 Å². The van der Waals surface area contributed by atoms with Crippen LogP contribution in [0.3, 0.4) is 0 Å². The van der Waals surface area contributed by atoms with Crippen LogP contribution in [0, 0.1) is 0 Å². The number of piperidine rings is 1. The van der Waals surface area contributed by atoms with Gasteiger partial charge in [-0.05, 0) is 44.9 Å². The van der Waals surface area contributed by atoms with Gasteiger partial charge in [-0.15, -0.1) is 0 Å². The maximum absolute atomic E-state index is 12.1. The molecule has 1 N–H and O–H groups in total. The third-order valence-electron chi connectivity index (χ3n) is 3.91. The van der Waals surface area contributed by atoms with Crippen molar-refractivity contribution in [2.75, 3.05) is 13.1 Å². The van der Waals surface area contributed by atoms with Crippen molar-refractivity contribution in [2.24, 2.45) is 0 Å². The average molecular weight is 264 g/mol. The minimum absolute atomic E-state index is 0.0626. The van der Waals surface area contributed by atoms with Gasteiger partial charge in [0.1, 0.15) is 5.76 Å². The molecule has 1 aliphatic rings. The van der Waals surface area contributed by atoms with Crippen LogP contribution in [0.15, 0.2) is 22.8 Å². The first kappa shape index (κ1) is 14.1. The third-order valence-corrected chi connectivity index (χ3v) is 3.91. The quantitative estimate of drug-likeness (QED) is 0.889. The standard InChI is InChI=1S/C15H24N2O2/c1-3-13-7-4-5-9-17(13)11-15(18)16-12(2)14-8-6-10-19-14/h6,8,10,12-13H,3-5,7,9,11H2,1-2H3,(H,16,18)/t12-,13+/m0/s1. The topological polar surface area (TPSA) is 45.5 Å². The van der Waals surface area contributed by atoms with Crippen molar-refractivity contribution in [3.63, 3.8) is 0 Å². The molecule has 0 unspecified atom stereocenters. The number of carbonyl (C=O) groups is 1. The van der Waals surface area contributed by atoms with E-state index in [1.165, 1.54) is 19.3 Å². The van der Waals surface area contributed by atoms with Gasteiger partial charge in [-0.1, -0.05) is 13.3 Å². The minimum atomic E-state index is -0.0626. The van der Waals surface area contributed by atoms with E-state index in [1.807, 2.05) is 19.1 Å². The zero-order valence-electron chi connectivity index (χ0n) is 11.9. The number of likely N-dealkylation sites (tertiary alicyclic amines) is 1. The van der Waals surface area contributed by atoms with E-state index in [2.05, 4.69) is 17.1 Å². The van der Waals surface area contributed by atoms with Gasteiger partial charge >= 0.3 is 0 Å². The SMILES string of the molecule is CC[C@@H]1CCCCN1CC(=O)N[C@@H](C)c1ccco1. The summed E-state index contributed by atoms with van der Waals surface area (Å²) in [6.45, 7) is 5.70. The Labute approximate surface area is 115 Å². The summed E-state index contributed by atoms with van der Waals surface area (Å²) >= 11 is 0. The van der Waals surface area contributed by atoms with Gasteiger partial charge in [0, 0.05) is 6.04 Å². The molecule has 2 atom stereocenters. The average Bonchev–Trinajstić information content (AvgIpc) is 2.93. The van der Waals surface area contributed by atoms with E-state index < -0.39 is 0 Å². The highest BCUT2D eigenvalue weighted by molar-refractivity contribution is 5.78. The Balaban J connectivity index is 1.83. The van der Waals surface area contributed by atoms with E-state index in [0.29, 0.717) is 12.6 Å². The van der Waals surface area contributed by atoms with Crippen molar-refractivity contribution in [1.29, 1.82) is 0 Å². The van der Waals surface area contributed by atoms with Crippen LogP contribution in [0.4, 0.5) is 0 Å². The number of rotatable bonds is 5. The lowest BCUT2D eigenvalue weighted by Crippen LogP contribution is -2.45. The predicted molar refractivity (Wildman–Crippen MR) is 74.8 cm³/mol. The highest BCUT2D eigenvalue weighted by atomic mass is 16.3. The molecule has 0 bridgehead atoms. The van der Waals surface area contributed by atoms with E-state index in [1.54, 1.807) is 6.26 Å². The van der Waals surface area contributed by atoms with Gasteiger partial charge in [0.2, 0.25) is 5.91 Å². The number of hydrogen-bond acceptors (Lipinski definition) is 3. The molecule has 1 aromatic rings. The highest BCUT2D eigenvalue weighted by Crippen LogP contribution is 2.19. The van der Waals surface area contributed by atoms with Gasteiger partial charge in [-0.3, -0.25) is 9.69 Å². The molecule has 1 amide bonds. The fraction of sp³-hybridized carbons (Fsp3) is 0.667. The molecule has 19 heavy (non-hydrogen) atoms. The van der Waals surface area contributed by atoms with Crippen molar-refractivity contribution in [2.45, 2.75) is 51.6 Å². The molecule has 2 heterocycles. The summed E-state index contributed by atoms with van der Waals surface area (Å²) in [6, 6.07) is 4.24. The molecule has 0 aromatic carbocycles. The highest BCUT2D eigenvalue weighted by Gasteiger charge is 2.23. The van der Waals surface area contributed by atoms with E-state index in [0.717, 1.165) is 18.7 Å². The van der Waals surface area contributed by atoms with Crippen LogP contribution in [0.2, 0.25) is 0 Å². The molecule has 0 saturated carbocycles. The molecule has 0 aliphatic carbocycles. The monoisotopic (exact) mass is 264 g/mol. The fourth-order valence-corrected chi connectivity index (χ4v) is 2.81. The van der Waals surface area contributed by atoms with Crippen molar-refractivity contribution >= 4 is 5.91 Å². The zero-order chi connectivity index (χ0) is 13.7. The zero-order valence-corrected chi connectivity index (χ0v) is 11.9. The Morgan fingerprint density at radius 1 is 1.58 bits per heavy atom. The van der Waals surface area contributed by atoms with Gasteiger partial charge in [0.15, 0.2) is 0 Å². The van der Waals surface area contributed by atoms with Crippen LogP contribution in [0.25, 0.3) is 0 Å². The molecule has 0 radical (unpaired) electrons. The van der Waals surface area contributed by atoms with E-state index in [9.17, 15) is 4.79 Å². The van der Waals surface area contributed by atoms with Crippen LogP contribution in [0.5, 0.6) is 0 Å². The van der Waals surface area contributed by atoms with E-state index >= 15 is 0 Å². The summed E-state index contributed by atoms with van der Waals surface area (Å²) in [5, 5.41) is 3.00. The summed E-state index contributed by atoms with van der Waals surface area (Å²) in [6.07, 6.45) is 6.48. The molecule has 4 nitrogen and oxygen atoms in total. The Morgan fingerprint density at radius 3 is 3.11 bits per heavy atom. The van der Waals surface area contributed by atoms with Crippen LogP contribution in [-0.2, 0) is 4.79 Å². The molecular formula is C15H24N2O2. The first-order chi connectivity index (χ1) is 9.20. The van der Waals surface area contributed by atoms with Crippen LogP contribution in [-0.4, -0.2) is 29.9 Å². The fourth-order valence-electron chi connectivity index (χ4n) is 2.81. The molecule has 1 fully saturated rings. The maximum Gasteiger partial charge on any atom is 0.234 e. The number of carbonyl (C=O) groups excluding carboxylic acids is 1. The molecular weight excluding hydrogens is 240 g/mol. The summed E-state index contributed by atoms with van der Waals surface area (Å²) in [5.74, 6) is 0.892. The van der Waals surface area contributed by atoms with Crippen molar-refractivity contribution < 1.29 is 9.21 Å². The lowest BCUT2D eigenvalue weighted by atomic mass is 10.00. The van der Waals surface area contributed by atoms with Gasteiger partial charge < -0.3 is 9.73 Å². The van der Waals surface area contributed by atoms with Gasteiger partial charge in [-0.25, -0.2) is 0 Å². The second-order valence-corrected chi connectivity index (χ2v) is 5.33. The number of amides is 1. The number of nitrogens with zero attached hydrogens (tertiary/aromatic N) is 1. The molecule has 1 saturated heterocycles. The second kappa shape index (κ2) is 6.75. The molecule has 0 spiro atoms. The second-order valence-electron chi connectivity index (χ2n) is 5.33. The largest absolute Gasteiger partial charge is 0.467 e. The van der Waals surface area contributed by atoms with Gasteiger partial charge in [-0.2, -0.15) is 0 Å². The van der Waals surface area contributed by atoms with E-state index in [-0.39, 0.29) is 11.9 Å². The summed E-state index contributed by atoms with van der Waals surface area (Å²) in [4.78, 5) is 14.4. The number of furan rings is 1. The van der Waals surface area contributed by atoms with Crippen molar-refractivity contribution in [3.05, 3.63) is 24.2 Å². The Hall–Kier alpha value is -1.29. The predicted octanol–water partition coefficient (Wildman–Crippen LogP) is 2.72. The van der Waals surface area contributed by atoms with Crippen LogP contribution < -0.4 is 5.32 Å². The van der Waals surface area contributed by atoms with Gasteiger partial charge in [0.25, 0.3) is 0 Å².